The molecule has 0 unspecified atom stereocenters. The van der Waals surface area contributed by atoms with Crippen molar-refractivity contribution in [1.29, 1.82) is 0 Å². The zero-order valence-corrected chi connectivity index (χ0v) is 15.0. The molecule has 26 heavy (non-hydrogen) atoms. The van der Waals surface area contributed by atoms with Crippen LogP contribution >= 0.6 is 11.8 Å². The van der Waals surface area contributed by atoms with Crippen LogP contribution in [0.25, 0.3) is 6.08 Å². The number of amides is 1. The van der Waals surface area contributed by atoms with Crippen LogP contribution in [-0.2, 0) is 4.79 Å². The van der Waals surface area contributed by atoms with Crippen LogP contribution in [0.5, 0.6) is 5.75 Å². The van der Waals surface area contributed by atoms with Crippen LogP contribution < -0.4 is 4.74 Å². The second kappa shape index (κ2) is 7.45. The van der Waals surface area contributed by atoms with E-state index in [1.165, 1.54) is 28.8 Å². The fourth-order valence-corrected chi connectivity index (χ4v) is 3.35. The molecule has 7 heteroatoms. The molecule has 1 heterocycles. The number of carboxylic acid groups (broad SMARTS) is 1. The summed E-state index contributed by atoms with van der Waals surface area (Å²) in [6.45, 7) is 0. The lowest BCUT2D eigenvalue weighted by Gasteiger charge is -2.07. The van der Waals surface area contributed by atoms with E-state index in [0.29, 0.717) is 21.5 Å². The Bertz CT molecular complexity index is 919. The molecule has 0 spiro atoms. The number of thioether (sulfide) groups is 1. The number of rotatable bonds is 4. The molecule has 0 saturated carbocycles. The smallest absolute Gasteiger partial charge is 0.335 e. The summed E-state index contributed by atoms with van der Waals surface area (Å²) in [5.41, 5.74) is 1.58. The number of carbonyl (C=O) groups excluding carboxylic acids is 1. The Kier molecular flexibility index (Phi) is 5.09. The molecule has 1 fully saturated rings. The van der Waals surface area contributed by atoms with Crippen molar-refractivity contribution in [2.24, 2.45) is 4.99 Å². The van der Waals surface area contributed by atoms with Gasteiger partial charge >= 0.3 is 5.97 Å². The van der Waals surface area contributed by atoms with Gasteiger partial charge in [-0.2, -0.15) is 0 Å². The van der Waals surface area contributed by atoms with Crippen LogP contribution in [0.3, 0.4) is 0 Å². The normalized spacial score (nSPS) is 17.2. The minimum atomic E-state index is -0.992. The van der Waals surface area contributed by atoms with E-state index in [1.807, 2.05) is 24.3 Å². The Morgan fingerprint density at radius 3 is 2.54 bits per heavy atom. The Morgan fingerprint density at radius 2 is 1.88 bits per heavy atom. The molecule has 0 aliphatic carbocycles. The van der Waals surface area contributed by atoms with Gasteiger partial charge in [0.2, 0.25) is 0 Å². The monoisotopic (exact) mass is 368 g/mol. The number of carboxylic acids is 1. The quantitative estimate of drug-likeness (QED) is 0.834. The minimum Gasteiger partial charge on any atom is -0.496 e. The summed E-state index contributed by atoms with van der Waals surface area (Å²) in [6.07, 6.45) is 1.78. The second-order valence-corrected chi connectivity index (χ2v) is 6.47. The summed E-state index contributed by atoms with van der Waals surface area (Å²) >= 11 is 1.26. The molecule has 1 amide bonds. The topological polar surface area (TPSA) is 79.2 Å². The van der Waals surface area contributed by atoms with E-state index in [9.17, 15) is 9.59 Å². The third-order valence-corrected chi connectivity index (χ3v) is 4.83. The van der Waals surface area contributed by atoms with E-state index >= 15 is 0 Å². The highest BCUT2D eigenvalue weighted by Crippen LogP contribution is 2.34. The van der Waals surface area contributed by atoms with Gasteiger partial charge in [-0.3, -0.25) is 9.69 Å². The van der Waals surface area contributed by atoms with Crippen LogP contribution in [0.4, 0.5) is 5.69 Å². The number of amidine groups is 1. The molecule has 0 bridgehead atoms. The van der Waals surface area contributed by atoms with Crippen molar-refractivity contribution in [2.45, 2.75) is 0 Å². The highest BCUT2D eigenvalue weighted by Gasteiger charge is 2.30. The van der Waals surface area contributed by atoms with E-state index in [1.54, 1.807) is 32.4 Å². The summed E-state index contributed by atoms with van der Waals surface area (Å²) in [6, 6.07) is 13.6. The average molecular weight is 368 g/mol. The molecule has 1 N–H and O–H groups in total. The van der Waals surface area contributed by atoms with Crippen molar-refractivity contribution in [2.75, 3.05) is 14.2 Å². The van der Waals surface area contributed by atoms with E-state index in [2.05, 4.69) is 4.99 Å². The second-order valence-electron chi connectivity index (χ2n) is 5.46. The fourth-order valence-electron chi connectivity index (χ4n) is 2.37. The van der Waals surface area contributed by atoms with Crippen molar-refractivity contribution in [3.63, 3.8) is 0 Å². The van der Waals surface area contributed by atoms with Crippen molar-refractivity contribution in [1.82, 2.24) is 4.90 Å². The third-order valence-electron chi connectivity index (χ3n) is 3.77. The molecule has 0 atom stereocenters. The molecular formula is C19H16N2O4S. The van der Waals surface area contributed by atoms with E-state index in [-0.39, 0.29) is 11.5 Å². The Morgan fingerprint density at radius 1 is 1.19 bits per heavy atom. The number of aliphatic imine (C=N–C) groups is 1. The first-order valence-electron chi connectivity index (χ1n) is 7.72. The van der Waals surface area contributed by atoms with E-state index < -0.39 is 5.97 Å². The van der Waals surface area contributed by atoms with Crippen molar-refractivity contribution in [3.8, 4) is 5.75 Å². The lowest BCUT2D eigenvalue weighted by atomic mass is 10.2. The number of likely N-dealkylation sites (N-methyl/N-ethyl adjacent to an activating group) is 1. The number of benzene rings is 2. The highest BCUT2D eigenvalue weighted by atomic mass is 32.2. The van der Waals surface area contributed by atoms with Crippen LogP contribution in [0.2, 0.25) is 0 Å². The van der Waals surface area contributed by atoms with Gasteiger partial charge in [0.05, 0.1) is 23.3 Å². The lowest BCUT2D eigenvalue weighted by Crippen LogP contribution is -2.23. The maximum atomic E-state index is 12.5. The maximum absolute atomic E-state index is 12.5. The number of nitrogens with zero attached hydrogens (tertiary/aromatic N) is 2. The van der Waals surface area contributed by atoms with Gasteiger partial charge in [0.15, 0.2) is 5.17 Å². The zero-order valence-electron chi connectivity index (χ0n) is 14.2. The minimum absolute atomic E-state index is 0.151. The van der Waals surface area contributed by atoms with Gasteiger partial charge in [-0.1, -0.05) is 18.2 Å². The van der Waals surface area contributed by atoms with E-state index in [0.717, 1.165) is 5.56 Å². The van der Waals surface area contributed by atoms with Gasteiger partial charge in [-0.05, 0) is 48.2 Å². The van der Waals surface area contributed by atoms with E-state index in [4.69, 9.17) is 9.84 Å². The van der Waals surface area contributed by atoms with Crippen LogP contribution in [0, 0.1) is 0 Å². The van der Waals surface area contributed by atoms with Crippen LogP contribution in [-0.4, -0.2) is 41.2 Å². The Hall–Kier alpha value is -3.06. The SMILES string of the molecule is COc1ccccc1/C=C1\SC(=Nc2ccc(C(=O)O)cc2)N(C)C1=O. The standard InChI is InChI=1S/C19H16N2O4S/c1-21-17(22)16(11-13-5-3-4-6-15(13)25-2)26-19(21)20-14-9-7-12(8-10-14)18(23)24/h3-11H,1-2H3,(H,23,24)/b16-11-,20-19?. The van der Waals surface area contributed by atoms with Gasteiger partial charge in [-0.15, -0.1) is 0 Å². The molecule has 2 aromatic carbocycles. The Balaban J connectivity index is 1.88. The number of hydrogen-bond donors (Lipinski definition) is 1. The summed E-state index contributed by atoms with van der Waals surface area (Å²) in [7, 11) is 3.24. The van der Waals surface area contributed by atoms with Crippen LogP contribution in [0.1, 0.15) is 15.9 Å². The average Bonchev–Trinajstić information content (AvgIpc) is 2.90. The first-order chi connectivity index (χ1) is 12.5. The highest BCUT2D eigenvalue weighted by molar-refractivity contribution is 8.18. The molecule has 2 aromatic rings. The van der Waals surface area contributed by atoms with Gasteiger partial charge in [0.25, 0.3) is 5.91 Å². The number of ether oxygens (including phenoxy) is 1. The molecule has 0 radical (unpaired) electrons. The van der Waals surface area contributed by atoms with Crippen molar-refractivity contribution in [3.05, 3.63) is 64.6 Å². The molecule has 6 nitrogen and oxygen atoms in total. The largest absolute Gasteiger partial charge is 0.496 e. The molecule has 132 valence electrons. The number of methoxy groups -OCH3 is 1. The van der Waals surface area contributed by atoms with Gasteiger partial charge in [0.1, 0.15) is 5.75 Å². The zero-order chi connectivity index (χ0) is 18.7. The third kappa shape index (κ3) is 3.62. The first-order valence-corrected chi connectivity index (χ1v) is 8.54. The summed E-state index contributed by atoms with van der Waals surface area (Å²) in [5.74, 6) is -0.457. The molecule has 1 aliphatic rings. The predicted octanol–water partition coefficient (Wildman–Crippen LogP) is 3.63. The molecule has 1 saturated heterocycles. The first kappa shape index (κ1) is 17.8. The summed E-state index contributed by atoms with van der Waals surface area (Å²) in [5, 5.41) is 9.47. The fraction of sp³-hybridized carbons (Fsp3) is 0.105. The van der Waals surface area contributed by atoms with Crippen molar-refractivity contribution < 1.29 is 19.4 Å². The van der Waals surface area contributed by atoms with Crippen LogP contribution in [0.15, 0.2) is 58.4 Å². The summed E-state index contributed by atoms with van der Waals surface area (Å²) < 4.78 is 5.31. The number of aromatic carboxylic acids is 1. The van der Waals surface area contributed by atoms with Gasteiger partial charge in [0, 0.05) is 12.6 Å². The predicted molar refractivity (Wildman–Crippen MR) is 102 cm³/mol. The molecule has 1 aliphatic heterocycles. The maximum Gasteiger partial charge on any atom is 0.335 e. The molecule has 3 rings (SSSR count). The van der Waals surface area contributed by atoms with Gasteiger partial charge in [-0.25, -0.2) is 9.79 Å². The Labute approximate surface area is 154 Å². The molecule has 0 aromatic heterocycles. The lowest BCUT2D eigenvalue weighted by molar-refractivity contribution is -0.121. The number of para-hydroxylation sites is 1. The van der Waals surface area contributed by atoms with Gasteiger partial charge < -0.3 is 9.84 Å². The van der Waals surface area contributed by atoms with Crippen molar-refractivity contribution >= 4 is 40.6 Å². The molecular weight excluding hydrogens is 352 g/mol. The summed E-state index contributed by atoms with van der Waals surface area (Å²) in [4.78, 5) is 29.9. The number of hydrogen-bond acceptors (Lipinski definition) is 5. The number of carbonyl (C=O) groups is 2.